The highest BCUT2D eigenvalue weighted by Gasteiger charge is 2.31. The van der Waals surface area contributed by atoms with Gasteiger partial charge in [0.1, 0.15) is 10.1 Å². The van der Waals surface area contributed by atoms with Gasteiger partial charge >= 0.3 is 0 Å². The van der Waals surface area contributed by atoms with E-state index in [-0.39, 0.29) is 11.7 Å². The fourth-order valence-electron chi connectivity index (χ4n) is 1.95. The van der Waals surface area contributed by atoms with Crippen LogP contribution in [0.1, 0.15) is 31.7 Å². The number of carbonyl (C=O) groups is 1. The van der Waals surface area contributed by atoms with Crippen molar-refractivity contribution in [3.63, 3.8) is 0 Å². The Morgan fingerprint density at radius 2 is 2.10 bits per heavy atom. The monoisotopic (exact) mass is 309 g/mol. The van der Waals surface area contributed by atoms with Crippen LogP contribution in [-0.4, -0.2) is 21.7 Å². The number of thioether (sulfide) groups is 1. The van der Waals surface area contributed by atoms with Gasteiger partial charge in [-0.1, -0.05) is 61.9 Å². The summed E-state index contributed by atoms with van der Waals surface area (Å²) in [5.74, 6) is -0.442. The standard InChI is InChI=1S/C15H16FNOS2/c1-2-3-6-9-17-14(18)13(20-15(17)19)10-11-7-4-5-8-12(11)16/h4-5,7-8,10H,2-3,6,9H2,1H3. The largest absolute Gasteiger partial charge is 0.293 e. The summed E-state index contributed by atoms with van der Waals surface area (Å²) in [6.07, 6.45) is 4.69. The molecule has 0 saturated carbocycles. The Bertz CT molecular complexity index is 557. The molecule has 0 atom stereocenters. The lowest BCUT2D eigenvalue weighted by Crippen LogP contribution is -2.28. The zero-order chi connectivity index (χ0) is 14.5. The zero-order valence-electron chi connectivity index (χ0n) is 11.3. The maximum atomic E-state index is 13.6. The minimum absolute atomic E-state index is 0.112. The maximum Gasteiger partial charge on any atom is 0.266 e. The van der Waals surface area contributed by atoms with E-state index >= 15 is 0 Å². The van der Waals surface area contributed by atoms with Crippen LogP contribution in [0.25, 0.3) is 6.08 Å². The molecule has 2 nitrogen and oxygen atoms in total. The molecule has 1 aromatic carbocycles. The van der Waals surface area contributed by atoms with Crippen LogP contribution in [0.15, 0.2) is 29.2 Å². The molecular formula is C15H16FNOS2. The lowest BCUT2D eigenvalue weighted by molar-refractivity contribution is -0.122. The third-order valence-corrected chi connectivity index (χ3v) is 4.43. The van der Waals surface area contributed by atoms with Crippen molar-refractivity contribution in [1.82, 2.24) is 4.90 Å². The van der Waals surface area contributed by atoms with E-state index in [0.29, 0.717) is 21.3 Å². The molecule has 1 aromatic rings. The Morgan fingerprint density at radius 1 is 1.35 bits per heavy atom. The molecule has 1 amide bonds. The van der Waals surface area contributed by atoms with Gasteiger partial charge in [-0.15, -0.1) is 0 Å². The van der Waals surface area contributed by atoms with Gasteiger partial charge in [0.2, 0.25) is 0 Å². The van der Waals surface area contributed by atoms with Gasteiger partial charge in [0.25, 0.3) is 5.91 Å². The fraction of sp³-hybridized carbons (Fsp3) is 0.333. The van der Waals surface area contributed by atoms with Crippen molar-refractivity contribution in [3.05, 3.63) is 40.6 Å². The molecule has 0 radical (unpaired) electrons. The number of benzene rings is 1. The first-order valence-corrected chi connectivity index (χ1v) is 7.86. The number of carbonyl (C=O) groups excluding carboxylic acids is 1. The number of hydrogen-bond acceptors (Lipinski definition) is 3. The lowest BCUT2D eigenvalue weighted by Gasteiger charge is -2.13. The van der Waals surface area contributed by atoms with Crippen LogP contribution in [0, 0.1) is 5.82 Å². The first-order chi connectivity index (χ1) is 9.63. The number of hydrogen-bond donors (Lipinski definition) is 0. The van der Waals surface area contributed by atoms with Gasteiger partial charge in [0, 0.05) is 12.1 Å². The van der Waals surface area contributed by atoms with Crippen LogP contribution in [0.3, 0.4) is 0 Å². The highest BCUT2D eigenvalue weighted by Crippen LogP contribution is 2.33. The minimum Gasteiger partial charge on any atom is -0.293 e. The first-order valence-electron chi connectivity index (χ1n) is 6.63. The molecule has 1 heterocycles. The molecule has 0 bridgehead atoms. The second-order valence-electron chi connectivity index (χ2n) is 4.56. The third-order valence-electron chi connectivity index (χ3n) is 3.05. The maximum absolute atomic E-state index is 13.6. The molecule has 106 valence electrons. The summed E-state index contributed by atoms with van der Waals surface area (Å²) in [6.45, 7) is 2.76. The quantitative estimate of drug-likeness (QED) is 0.461. The molecule has 1 aliphatic heterocycles. The molecule has 0 aliphatic carbocycles. The molecule has 0 N–H and O–H groups in total. The number of amides is 1. The number of rotatable bonds is 5. The average Bonchev–Trinajstić information content (AvgIpc) is 2.69. The van der Waals surface area contributed by atoms with Crippen molar-refractivity contribution >= 4 is 40.3 Å². The molecule has 1 fully saturated rings. The summed E-state index contributed by atoms with van der Waals surface area (Å²) in [6, 6.07) is 6.41. The summed E-state index contributed by atoms with van der Waals surface area (Å²) in [5.41, 5.74) is 0.418. The predicted molar refractivity (Wildman–Crippen MR) is 85.8 cm³/mol. The summed E-state index contributed by atoms with van der Waals surface area (Å²) >= 11 is 6.47. The van der Waals surface area contributed by atoms with E-state index in [1.807, 2.05) is 0 Å². The fourth-order valence-corrected chi connectivity index (χ4v) is 3.25. The van der Waals surface area contributed by atoms with Gasteiger partial charge in [-0.2, -0.15) is 0 Å². The number of nitrogens with zero attached hydrogens (tertiary/aromatic N) is 1. The van der Waals surface area contributed by atoms with Crippen molar-refractivity contribution in [3.8, 4) is 0 Å². The van der Waals surface area contributed by atoms with E-state index < -0.39 is 0 Å². The molecule has 0 unspecified atom stereocenters. The summed E-state index contributed by atoms with van der Waals surface area (Å²) in [7, 11) is 0. The molecule has 5 heteroatoms. The number of unbranched alkanes of at least 4 members (excludes halogenated alkanes) is 2. The second kappa shape index (κ2) is 6.99. The van der Waals surface area contributed by atoms with Gasteiger partial charge in [-0.3, -0.25) is 9.69 Å². The first kappa shape index (κ1) is 15.2. The Hall–Kier alpha value is -1.20. The van der Waals surface area contributed by atoms with Crippen LogP contribution < -0.4 is 0 Å². The lowest BCUT2D eigenvalue weighted by atomic mass is 10.2. The summed E-state index contributed by atoms with van der Waals surface area (Å²) < 4.78 is 14.2. The Kier molecular flexibility index (Phi) is 5.31. The average molecular weight is 309 g/mol. The van der Waals surface area contributed by atoms with Crippen molar-refractivity contribution < 1.29 is 9.18 Å². The van der Waals surface area contributed by atoms with Gasteiger partial charge in [-0.25, -0.2) is 4.39 Å². The van der Waals surface area contributed by atoms with Gasteiger partial charge in [-0.05, 0) is 18.6 Å². The van der Waals surface area contributed by atoms with E-state index in [0.717, 1.165) is 19.3 Å². The van der Waals surface area contributed by atoms with Crippen molar-refractivity contribution in [2.75, 3.05) is 6.54 Å². The Balaban J connectivity index is 2.13. The topological polar surface area (TPSA) is 20.3 Å². The second-order valence-corrected chi connectivity index (χ2v) is 6.24. The van der Waals surface area contributed by atoms with E-state index in [1.165, 1.54) is 17.8 Å². The van der Waals surface area contributed by atoms with Gasteiger partial charge in [0.15, 0.2) is 0 Å². The molecule has 0 spiro atoms. The van der Waals surface area contributed by atoms with E-state index in [1.54, 1.807) is 29.2 Å². The van der Waals surface area contributed by atoms with Crippen LogP contribution in [0.5, 0.6) is 0 Å². The van der Waals surface area contributed by atoms with Crippen molar-refractivity contribution in [2.24, 2.45) is 0 Å². The van der Waals surface area contributed by atoms with E-state index in [4.69, 9.17) is 12.2 Å². The summed E-state index contributed by atoms with van der Waals surface area (Å²) in [5, 5.41) is 0. The van der Waals surface area contributed by atoms with E-state index in [9.17, 15) is 9.18 Å². The van der Waals surface area contributed by atoms with Gasteiger partial charge < -0.3 is 0 Å². The van der Waals surface area contributed by atoms with Crippen LogP contribution in [-0.2, 0) is 4.79 Å². The number of thiocarbonyl (C=S) groups is 1. The van der Waals surface area contributed by atoms with Crippen LogP contribution >= 0.6 is 24.0 Å². The Morgan fingerprint density at radius 3 is 2.80 bits per heavy atom. The molecule has 1 aliphatic rings. The zero-order valence-corrected chi connectivity index (χ0v) is 12.9. The van der Waals surface area contributed by atoms with Crippen molar-refractivity contribution in [2.45, 2.75) is 26.2 Å². The van der Waals surface area contributed by atoms with Crippen molar-refractivity contribution in [1.29, 1.82) is 0 Å². The highest BCUT2D eigenvalue weighted by molar-refractivity contribution is 8.26. The van der Waals surface area contributed by atoms with Gasteiger partial charge in [0.05, 0.1) is 4.91 Å². The van der Waals surface area contributed by atoms with E-state index in [2.05, 4.69) is 6.92 Å². The predicted octanol–water partition coefficient (Wildman–Crippen LogP) is 4.22. The summed E-state index contributed by atoms with van der Waals surface area (Å²) in [4.78, 5) is 14.4. The van der Waals surface area contributed by atoms with Crippen LogP contribution in [0.2, 0.25) is 0 Å². The SMILES string of the molecule is CCCCCN1C(=O)C(=Cc2ccccc2F)SC1=S. The third kappa shape index (κ3) is 3.46. The highest BCUT2D eigenvalue weighted by atomic mass is 32.2. The number of halogens is 1. The smallest absolute Gasteiger partial charge is 0.266 e. The molecule has 20 heavy (non-hydrogen) atoms. The molecule has 0 aromatic heterocycles. The molecule has 2 rings (SSSR count). The minimum atomic E-state index is -0.330. The molecule has 1 saturated heterocycles. The molecular weight excluding hydrogens is 293 g/mol. The Labute approximate surface area is 128 Å². The normalized spacial score (nSPS) is 17.3. The van der Waals surface area contributed by atoms with Crippen LogP contribution in [0.4, 0.5) is 4.39 Å².